The predicted octanol–water partition coefficient (Wildman–Crippen LogP) is 7.30. The molecular weight excluding hydrogens is 304 g/mol. The number of aromatic nitrogens is 2. The molecule has 0 fully saturated rings. The summed E-state index contributed by atoms with van der Waals surface area (Å²) >= 11 is 0. The first kappa shape index (κ1) is 20.0. The molecule has 0 amide bonds. The van der Waals surface area contributed by atoms with E-state index in [1.54, 1.807) is 0 Å². The third-order valence-electron chi connectivity index (χ3n) is 5.22. The summed E-state index contributed by atoms with van der Waals surface area (Å²) in [6.45, 7) is 5.70. The van der Waals surface area contributed by atoms with Gasteiger partial charge in [-0.25, -0.2) is 4.98 Å². The Morgan fingerprint density at radius 3 is 2.04 bits per heavy atom. The largest absolute Gasteiger partial charge is 0.328 e. The van der Waals surface area contributed by atoms with Crippen molar-refractivity contribution in [2.45, 2.75) is 104 Å². The summed E-state index contributed by atoms with van der Waals surface area (Å²) in [6, 6.07) is 8.65. The average Bonchev–Trinajstić information content (AvgIpc) is 2.98. The Morgan fingerprint density at radius 2 is 1.32 bits per heavy atom. The second-order valence-electron chi connectivity index (χ2n) is 7.45. The first-order valence-electron chi connectivity index (χ1n) is 10.8. The molecule has 140 valence electrons. The minimum Gasteiger partial charge on any atom is -0.328 e. The van der Waals surface area contributed by atoms with Crippen LogP contribution in [0.5, 0.6) is 0 Å². The van der Waals surface area contributed by atoms with Crippen LogP contribution in [0.2, 0.25) is 0 Å². The predicted molar refractivity (Wildman–Crippen MR) is 110 cm³/mol. The molecule has 2 aromatic rings. The maximum Gasteiger partial charge on any atom is 0.109 e. The van der Waals surface area contributed by atoms with Crippen LogP contribution in [0.15, 0.2) is 24.3 Å². The van der Waals surface area contributed by atoms with Crippen LogP contribution in [0.1, 0.15) is 96.7 Å². The molecule has 1 heterocycles. The number of hydrogen-bond donors (Lipinski definition) is 0. The van der Waals surface area contributed by atoms with Crippen LogP contribution in [0.25, 0.3) is 11.0 Å². The highest BCUT2D eigenvalue weighted by Crippen LogP contribution is 2.19. The third kappa shape index (κ3) is 6.84. The second kappa shape index (κ2) is 12.1. The van der Waals surface area contributed by atoms with Gasteiger partial charge in [0.15, 0.2) is 0 Å². The maximum atomic E-state index is 4.93. The van der Waals surface area contributed by atoms with E-state index >= 15 is 0 Å². The number of hydrogen-bond acceptors (Lipinski definition) is 1. The fourth-order valence-corrected chi connectivity index (χ4v) is 3.68. The Bertz CT molecular complexity index is 585. The number of aryl methyl sites for hydroxylation is 2. The van der Waals surface area contributed by atoms with Crippen molar-refractivity contribution in [1.29, 1.82) is 0 Å². The molecule has 0 aliphatic rings. The highest BCUT2D eigenvalue weighted by Gasteiger charge is 2.09. The molecule has 0 N–H and O–H groups in total. The van der Waals surface area contributed by atoms with Crippen molar-refractivity contribution < 1.29 is 0 Å². The highest BCUT2D eigenvalue weighted by atomic mass is 15.1. The zero-order chi connectivity index (χ0) is 17.7. The SMILES string of the molecule is CCCCCCCCCCc1nc2ccccc2n1CCCCCC. The van der Waals surface area contributed by atoms with E-state index < -0.39 is 0 Å². The smallest absolute Gasteiger partial charge is 0.109 e. The summed E-state index contributed by atoms with van der Waals surface area (Å²) in [6.07, 6.45) is 17.4. The topological polar surface area (TPSA) is 17.8 Å². The van der Waals surface area contributed by atoms with E-state index in [9.17, 15) is 0 Å². The molecule has 25 heavy (non-hydrogen) atoms. The zero-order valence-corrected chi connectivity index (χ0v) is 16.6. The number of imidazole rings is 1. The molecule has 1 aromatic carbocycles. The van der Waals surface area contributed by atoms with Crippen molar-refractivity contribution in [2.24, 2.45) is 0 Å². The highest BCUT2D eigenvalue weighted by molar-refractivity contribution is 5.75. The van der Waals surface area contributed by atoms with Crippen LogP contribution in [0.3, 0.4) is 0 Å². The fourth-order valence-electron chi connectivity index (χ4n) is 3.68. The maximum absolute atomic E-state index is 4.93. The van der Waals surface area contributed by atoms with Crippen LogP contribution in [0.4, 0.5) is 0 Å². The lowest BCUT2D eigenvalue weighted by Crippen LogP contribution is -2.04. The van der Waals surface area contributed by atoms with Gasteiger partial charge in [0.1, 0.15) is 5.82 Å². The molecule has 2 rings (SSSR count). The summed E-state index contributed by atoms with van der Waals surface area (Å²) in [5.74, 6) is 1.31. The van der Waals surface area contributed by atoms with Gasteiger partial charge in [0.2, 0.25) is 0 Å². The molecule has 0 unspecified atom stereocenters. The third-order valence-corrected chi connectivity index (χ3v) is 5.22. The van der Waals surface area contributed by atoms with Gasteiger partial charge in [0.25, 0.3) is 0 Å². The van der Waals surface area contributed by atoms with Crippen molar-refractivity contribution >= 4 is 11.0 Å². The molecular formula is C23H38N2. The molecule has 1 aromatic heterocycles. The fraction of sp³-hybridized carbons (Fsp3) is 0.696. The zero-order valence-electron chi connectivity index (χ0n) is 16.6. The molecule has 0 saturated heterocycles. The molecule has 0 bridgehead atoms. The van der Waals surface area contributed by atoms with Gasteiger partial charge in [0.05, 0.1) is 11.0 Å². The summed E-state index contributed by atoms with van der Waals surface area (Å²) in [5.41, 5.74) is 2.50. The van der Waals surface area contributed by atoms with Crippen molar-refractivity contribution in [3.8, 4) is 0 Å². The Hall–Kier alpha value is -1.31. The van der Waals surface area contributed by atoms with Gasteiger partial charge in [0, 0.05) is 13.0 Å². The van der Waals surface area contributed by atoms with Crippen molar-refractivity contribution in [1.82, 2.24) is 9.55 Å². The minimum absolute atomic E-state index is 1.13. The van der Waals surface area contributed by atoms with E-state index in [0.29, 0.717) is 0 Å². The standard InChI is InChI=1S/C23H38N2/c1-3-5-7-9-10-11-12-13-19-23-24-21-17-14-15-18-22(21)25(23)20-16-8-6-4-2/h14-15,17-18H,3-13,16,19-20H2,1-2H3. The van der Waals surface area contributed by atoms with Gasteiger partial charge in [-0.05, 0) is 25.0 Å². The quantitative estimate of drug-likeness (QED) is 0.329. The number of rotatable bonds is 14. The summed E-state index contributed by atoms with van der Waals surface area (Å²) < 4.78 is 2.49. The van der Waals surface area contributed by atoms with Crippen LogP contribution in [-0.2, 0) is 13.0 Å². The molecule has 0 saturated carbocycles. The van der Waals surface area contributed by atoms with Crippen LogP contribution in [0, 0.1) is 0 Å². The normalized spacial score (nSPS) is 11.4. The Labute approximate surface area is 155 Å². The molecule has 0 aliphatic heterocycles. The lowest BCUT2D eigenvalue weighted by atomic mass is 10.1. The molecule has 0 spiro atoms. The summed E-state index contributed by atoms with van der Waals surface area (Å²) in [5, 5.41) is 0. The number of fused-ring (bicyclic) bond motifs is 1. The number of nitrogens with zero attached hydrogens (tertiary/aromatic N) is 2. The van der Waals surface area contributed by atoms with Crippen LogP contribution in [-0.4, -0.2) is 9.55 Å². The van der Waals surface area contributed by atoms with E-state index in [-0.39, 0.29) is 0 Å². The summed E-state index contributed by atoms with van der Waals surface area (Å²) in [4.78, 5) is 4.93. The molecule has 2 heteroatoms. The van der Waals surface area contributed by atoms with Gasteiger partial charge < -0.3 is 4.57 Å². The Morgan fingerprint density at radius 1 is 0.720 bits per heavy atom. The first-order chi connectivity index (χ1) is 12.4. The lowest BCUT2D eigenvalue weighted by Gasteiger charge is -2.09. The average molecular weight is 343 g/mol. The van der Waals surface area contributed by atoms with Crippen LogP contribution < -0.4 is 0 Å². The Balaban J connectivity index is 1.82. The van der Waals surface area contributed by atoms with E-state index in [0.717, 1.165) is 13.0 Å². The Kier molecular flexibility index (Phi) is 9.69. The molecule has 0 radical (unpaired) electrons. The van der Waals surface area contributed by atoms with Crippen LogP contribution >= 0.6 is 0 Å². The summed E-state index contributed by atoms with van der Waals surface area (Å²) in [7, 11) is 0. The van der Waals surface area contributed by atoms with Crippen molar-refractivity contribution in [3.63, 3.8) is 0 Å². The van der Waals surface area contributed by atoms with Crippen molar-refractivity contribution in [2.75, 3.05) is 0 Å². The second-order valence-corrected chi connectivity index (χ2v) is 7.45. The number of benzene rings is 1. The number of para-hydroxylation sites is 2. The van der Waals surface area contributed by atoms with Gasteiger partial charge in [-0.15, -0.1) is 0 Å². The van der Waals surface area contributed by atoms with Crippen molar-refractivity contribution in [3.05, 3.63) is 30.1 Å². The van der Waals surface area contributed by atoms with E-state index in [1.165, 1.54) is 93.9 Å². The van der Waals surface area contributed by atoms with E-state index in [2.05, 4.69) is 42.7 Å². The minimum atomic E-state index is 1.13. The van der Waals surface area contributed by atoms with Gasteiger partial charge in [-0.1, -0.05) is 90.2 Å². The molecule has 2 nitrogen and oxygen atoms in total. The number of unbranched alkanes of at least 4 members (excludes halogenated alkanes) is 10. The van der Waals surface area contributed by atoms with Gasteiger partial charge >= 0.3 is 0 Å². The first-order valence-corrected chi connectivity index (χ1v) is 10.8. The van der Waals surface area contributed by atoms with E-state index in [4.69, 9.17) is 4.98 Å². The monoisotopic (exact) mass is 342 g/mol. The molecule has 0 atom stereocenters. The van der Waals surface area contributed by atoms with Gasteiger partial charge in [-0.3, -0.25) is 0 Å². The van der Waals surface area contributed by atoms with E-state index in [1.807, 2.05) is 0 Å². The van der Waals surface area contributed by atoms with Gasteiger partial charge in [-0.2, -0.15) is 0 Å². The molecule has 0 aliphatic carbocycles. The lowest BCUT2D eigenvalue weighted by molar-refractivity contribution is 0.549.